The number of aryl methyl sites for hydroxylation is 1. The van der Waals surface area contributed by atoms with E-state index in [0.29, 0.717) is 5.56 Å². The highest BCUT2D eigenvalue weighted by atomic mass is 19.1. The Hall–Kier alpha value is -2.11. The number of amides is 2. The zero-order chi connectivity index (χ0) is 12.8. The van der Waals surface area contributed by atoms with E-state index in [1.807, 2.05) is 0 Å². The average Bonchev–Trinajstić information content (AvgIpc) is 2.27. The minimum Gasteiger partial charge on any atom is -0.480 e. The van der Waals surface area contributed by atoms with E-state index in [4.69, 9.17) is 5.11 Å². The molecule has 0 saturated heterocycles. The van der Waals surface area contributed by atoms with E-state index in [9.17, 15) is 14.0 Å². The summed E-state index contributed by atoms with van der Waals surface area (Å²) in [6.45, 7) is 1.49. The number of hydrogen-bond acceptors (Lipinski definition) is 2. The number of halogens is 1. The van der Waals surface area contributed by atoms with Gasteiger partial charge in [-0.3, -0.25) is 4.79 Å². The van der Waals surface area contributed by atoms with Crippen molar-refractivity contribution in [3.63, 3.8) is 0 Å². The highest BCUT2D eigenvalue weighted by Crippen LogP contribution is 2.09. The maximum Gasteiger partial charge on any atom is 0.323 e. The van der Waals surface area contributed by atoms with Crippen LogP contribution >= 0.6 is 0 Å². The minimum absolute atomic E-state index is 0.148. The second-order valence-corrected chi connectivity index (χ2v) is 3.50. The average molecular weight is 240 g/mol. The molecule has 0 fully saturated rings. The lowest BCUT2D eigenvalue weighted by Crippen LogP contribution is -2.38. The van der Waals surface area contributed by atoms with E-state index in [0.717, 1.165) is 5.56 Å². The third-order valence-corrected chi connectivity index (χ3v) is 2.15. The highest BCUT2D eigenvalue weighted by Gasteiger charge is 2.05. The van der Waals surface area contributed by atoms with E-state index in [-0.39, 0.29) is 12.4 Å². The molecule has 0 atom stereocenters. The van der Waals surface area contributed by atoms with E-state index in [1.165, 1.54) is 12.1 Å². The normalized spacial score (nSPS) is 9.76. The lowest BCUT2D eigenvalue weighted by molar-refractivity contribution is -0.135. The summed E-state index contributed by atoms with van der Waals surface area (Å²) in [5.41, 5.74) is 1.50. The molecule has 1 aromatic rings. The molecule has 6 heteroatoms. The molecule has 2 amide bonds. The van der Waals surface area contributed by atoms with Gasteiger partial charge in [-0.25, -0.2) is 9.18 Å². The number of nitrogens with one attached hydrogen (secondary N) is 2. The molecule has 0 aliphatic rings. The first kappa shape index (κ1) is 13.0. The lowest BCUT2D eigenvalue weighted by atomic mass is 10.1. The molecule has 0 unspecified atom stereocenters. The Morgan fingerprint density at radius 3 is 2.71 bits per heavy atom. The Labute approximate surface area is 97.6 Å². The van der Waals surface area contributed by atoms with Gasteiger partial charge in [-0.05, 0) is 30.2 Å². The number of rotatable bonds is 4. The van der Waals surface area contributed by atoms with Crippen LogP contribution in [-0.2, 0) is 11.3 Å². The first-order valence-corrected chi connectivity index (χ1v) is 4.97. The lowest BCUT2D eigenvalue weighted by Gasteiger charge is -2.08. The molecule has 17 heavy (non-hydrogen) atoms. The Kier molecular flexibility index (Phi) is 4.45. The Morgan fingerprint density at radius 1 is 1.35 bits per heavy atom. The molecular formula is C11H13FN2O3. The first-order chi connectivity index (χ1) is 7.99. The zero-order valence-electron chi connectivity index (χ0n) is 9.29. The van der Waals surface area contributed by atoms with Crippen LogP contribution in [0.3, 0.4) is 0 Å². The summed E-state index contributed by atoms with van der Waals surface area (Å²) in [7, 11) is 0. The van der Waals surface area contributed by atoms with Crippen molar-refractivity contribution in [2.75, 3.05) is 6.54 Å². The summed E-state index contributed by atoms with van der Waals surface area (Å²) in [5, 5.41) is 12.9. The van der Waals surface area contributed by atoms with Gasteiger partial charge in [-0.1, -0.05) is 6.07 Å². The number of carbonyl (C=O) groups is 2. The van der Waals surface area contributed by atoms with Crippen LogP contribution in [0.25, 0.3) is 0 Å². The second-order valence-electron chi connectivity index (χ2n) is 3.50. The molecule has 5 nitrogen and oxygen atoms in total. The largest absolute Gasteiger partial charge is 0.480 e. The molecule has 0 radical (unpaired) electrons. The monoisotopic (exact) mass is 240 g/mol. The second kappa shape index (κ2) is 5.83. The summed E-state index contributed by atoms with van der Waals surface area (Å²) in [6.07, 6.45) is 0. The smallest absolute Gasteiger partial charge is 0.323 e. The van der Waals surface area contributed by atoms with Crippen molar-refractivity contribution >= 4 is 12.0 Å². The van der Waals surface area contributed by atoms with Crippen LogP contribution in [0.1, 0.15) is 11.1 Å². The number of carboxylic acids is 1. The van der Waals surface area contributed by atoms with Gasteiger partial charge in [0.15, 0.2) is 0 Å². The molecule has 0 bridgehead atoms. The highest BCUT2D eigenvalue weighted by molar-refractivity contribution is 5.79. The van der Waals surface area contributed by atoms with E-state index >= 15 is 0 Å². The quantitative estimate of drug-likeness (QED) is 0.735. The Balaban J connectivity index is 2.47. The minimum atomic E-state index is -1.12. The van der Waals surface area contributed by atoms with E-state index in [2.05, 4.69) is 10.6 Å². The summed E-state index contributed by atoms with van der Waals surface area (Å²) >= 11 is 0. The molecule has 3 N–H and O–H groups in total. The molecule has 1 aromatic carbocycles. The van der Waals surface area contributed by atoms with Crippen molar-refractivity contribution in [1.82, 2.24) is 10.6 Å². The molecule has 0 aliphatic carbocycles. The van der Waals surface area contributed by atoms with Crippen molar-refractivity contribution < 1.29 is 19.1 Å². The molecule has 0 saturated carbocycles. The maximum atomic E-state index is 12.9. The van der Waals surface area contributed by atoms with Gasteiger partial charge in [0.05, 0.1) is 0 Å². The van der Waals surface area contributed by atoms with Crippen LogP contribution < -0.4 is 10.6 Å². The van der Waals surface area contributed by atoms with Crippen molar-refractivity contribution in [3.05, 3.63) is 35.1 Å². The fourth-order valence-electron chi connectivity index (χ4n) is 1.22. The zero-order valence-corrected chi connectivity index (χ0v) is 9.29. The molecule has 1 rings (SSSR count). The molecule has 0 aliphatic heterocycles. The number of aliphatic carboxylic acids is 1. The van der Waals surface area contributed by atoms with Crippen molar-refractivity contribution in [1.29, 1.82) is 0 Å². The standard InChI is InChI=1S/C11H13FN2O3/c1-7-2-3-9(12)4-8(7)5-13-11(17)14-6-10(15)16/h2-4H,5-6H2,1H3,(H,15,16)(H2,13,14,17). The van der Waals surface area contributed by atoms with Gasteiger partial charge in [0, 0.05) is 6.54 Å². The predicted octanol–water partition coefficient (Wildman–Crippen LogP) is 1.02. The van der Waals surface area contributed by atoms with Crippen LogP contribution in [0.5, 0.6) is 0 Å². The summed E-state index contributed by atoms with van der Waals surface area (Å²) in [6, 6.07) is 3.67. The first-order valence-electron chi connectivity index (χ1n) is 4.97. The topological polar surface area (TPSA) is 78.4 Å². The number of carbonyl (C=O) groups excluding carboxylic acids is 1. The fourth-order valence-corrected chi connectivity index (χ4v) is 1.22. The van der Waals surface area contributed by atoms with E-state index < -0.39 is 18.5 Å². The molecule has 0 heterocycles. The van der Waals surface area contributed by atoms with Gasteiger partial charge in [0.1, 0.15) is 12.4 Å². The SMILES string of the molecule is Cc1ccc(F)cc1CNC(=O)NCC(=O)O. The van der Waals surface area contributed by atoms with Crippen LogP contribution in [0.15, 0.2) is 18.2 Å². The Morgan fingerprint density at radius 2 is 2.06 bits per heavy atom. The third-order valence-electron chi connectivity index (χ3n) is 2.15. The van der Waals surface area contributed by atoms with Gasteiger partial charge in [0.2, 0.25) is 0 Å². The van der Waals surface area contributed by atoms with Gasteiger partial charge >= 0.3 is 12.0 Å². The van der Waals surface area contributed by atoms with Gasteiger partial charge < -0.3 is 15.7 Å². The molecular weight excluding hydrogens is 227 g/mol. The Bertz CT molecular complexity index is 435. The van der Waals surface area contributed by atoms with Gasteiger partial charge in [-0.2, -0.15) is 0 Å². The van der Waals surface area contributed by atoms with Gasteiger partial charge in [0.25, 0.3) is 0 Å². The van der Waals surface area contributed by atoms with Gasteiger partial charge in [-0.15, -0.1) is 0 Å². The maximum absolute atomic E-state index is 12.9. The van der Waals surface area contributed by atoms with Crippen molar-refractivity contribution in [3.8, 4) is 0 Å². The van der Waals surface area contributed by atoms with E-state index in [1.54, 1.807) is 13.0 Å². The number of benzene rings is 1. The van der Waals surface area contributed by atoms with Crippen molar-refractivity contribution in [2.45, 2.75) is 13.5 Å². The molecule has 92 valence electrons. The van der Waals surface area contributed by atoms with Crippen LogP contribution in [0.2, 0.25) is 0 Å². The number of urea groups is 1. The summed E-state index contributed by atoms with van der Waals surface area (Å²) in [4.78, 5) is 21.3. The third kappa shape index (κ3) is 4.50. The van der Waals surface area contributed by atoms with Crippen LogP contribution in [0.4, 0.5) is 9.18 Å². The molecule has 0 aromatic heterocycles. The fraction of sp³-hybridized carbons (Fsp3) is 0.273. The molecule has 0 spiro atoms. The predicted molar refractivity (Wildman–Crippen MR) is 59.0 cm³/mol. The number of hydrogen-bond donors (Lipinski definition) is 3. The summed E-state index contributed by atoms with van der Waals surface area (Å²) < 4.78 is 12.9. The van der Waals surface area contributed by atoms with Crippen LogP contribution in [-0.4, -0.2) is 23.7 Å². The summed E-state index contributed by atoms with van der Waals surface area (Å²) in [5.74, 6) is -1.50. The number of carboxylic acid groups (broad SMARTS) is 1. The van der Waals surface area contributed by atoms with Crippen LogP contribution in [0, 0.1) is 12.7 Å². The van der Waals surface area contributed by atoms with Crippen molar-refractivity contribution in [2.24, 2.45) is 0 Å².